The molecule has 1 aromatic carbocycles. The van der Waals surface area contributed by atoms with E-state index in [0.717, 1.165) is 18.4 Å². The molecule has 0 aliphatic carbocycles. The molecular weight excluding hydrogens is 290 g/mol. The summed E-state index contributed by atoms with van der Waals surface area (Å²) in [5.74, 6) is 0.403. The number of aryl methyl sites for hydroxylation is 1. The average Bonchev–Trinajstić information content (AvgIpc) is 3.15. The summed E-state index contributed by atoms with van der Waals surface area (Å²) in [5, 5.41) is 6.73. The zero-order valence-electron chi connectivity index (χ0n) is 13.2. The maximum absolute atomic E-state index is 12.6. The second kappa shape index (κ2) is 5.81. The van der Waals surface area contributed by atoms with Crippen molar-refractivity contribution in [3.63, 3.8) is 0 Å². The van der Waals surface area contributed by atoms with Gasteiger partial charge < -0.3 is 15.1 Å². The molecule has 0 radical (unpaired) electrons. The van der Waals surface area contributed by atoms with Crippen LogP contribution >= 0.6 is 0 Å². The van der Waals surface area contributed by atoms with Gasteiger partial charge in [-0.3, -0.25) is 4.79 Å². The molecule has 2 bridgehead atoms. The molecular formula is C18H21N3O2. The van der Waals surface area contributed by atoms with Gasteiger partial charge in [0.25, 0.3) is 5.91 Å². The summed E-state index contributed by atoms with van der Waals surface area (Å²) >= 11 is 0. The lowest BCUT2D eigenvalue weighted by Gasteiger charge is -2.29. The van der Waals surface area contributed by atoms with Crippen molar-refractivity contribution in [2.24, 2.45) is 0 Å². The van der Waals surface area contributed by atoms with Crippen LogP contribution in [-0.4, -0.2) is 29.0 Å². The summed E-state index contributed by atoms with van der Waals surface area (Å²) in [5.41, 5.74) is 2.42. The van der Waals surface area contributed by atoms with Crippen molar-refractivity contribution in [2.45, 2.75) is 50.7 Å². The van der Waals surface area contributed by atoms with Crippen LogP contribution in [0.5, 0.6) is 0 Å². The Morgan fingerprint density at radius 2 is 1.91 bits per heavy atom. The van der Waals surface area contributed by atoms with Crippen LogP contribution < -0.4 is 10.6 Å². The van der Waals surface area contributed by atoms with Crippen molar-refractivity contribution in [3.05, 3.63) is 41.9 Å². The van der Waals surface area contributed by atoms with E-state index in [1.165, 1.54) is 24.8 Å². The highest BCUT2D eigenvalue weighted by Crippen LogP contribution is 2.28. The van der Waals surface area contributed by atoms with Crippen LogP contribution in [0.3, 0.4) is 0 Å². The molecule has 1 amide bonds. The number of piperidine rings is 1. The van der Waals surface area contributed by atoms with E-state index in [1.807, 2.05) is 31.2 Å². The molecule has 2 saturated heterocycles. The zero-order chi connectivity index (χ0) is 15.8. The van der Waals surface area contributed by atoms with Crippen LogP contribution in [0, 0.1) is 6.92 Å². The number of carbonyl (C=O) groups is 1. The van der Waals surface area contributed by atoms with Gasteiger partial charge in [0.05, 0.1) is 0 Å². The number of amides is 1. The molecule has 4 rings (SSSR count). The SMILES string of the molecule is Cc1ccc(-c2ocnc2C(=O)NC2CC3CCC(C2)N3)cc1. The maximum Gasteiger partial charge on any atom is 0.274 e. The lowest BCUT2D eigenvalue weighted by atomic mass is 9.99. The van der Waals surface area contributed by atoms with E-state index < -0.39 is 0 Å². The standard InChI is InChI=1S/C18H21N3O2/c1-11-2-4-12(5-3-11)17-16(19-10-23-17)18(22)21-15-8-13-6-7-14(9-15)20-13/h2-5,10,13-15,20H,6-9H2,1H3,(H,21,22). The van der Waals surface area contributed by atoms with Crippen molar-refractivity contribution >= 4 is 5.91 Å². The average molecular weight is 311 g/mol. The van der Waals surface area contributed by atoms with Crippen molar-refractivity contribution in [2.75, 3.05) is 0 Å². The van der Waals surface area contributed by atoms with Gasteiger partial charge >= 0.3 is 0 Å². The lowest BCUT2D eigenvalue weighted by Crippen LogP contribution is -2.48. The molecule has 120 valence electrons. The van der Waals surface area contributed by atoms with E-state index in [2.05, 4.69) is 15.6 Å². The topological polar surface area (TPSA) is 67.2 Å². The second-order valence-electron chi connectivity index (χ2n) is 6.68. The minimum Gasteiger partial charge on any atom is -0.443 e. The molecule has 2 fully saturated rings. The number of carbonyl (C=O) groups excluding carboxylic acids is 1. The Bertz CT molecular complexity index is 695. The fourth-order valence-corrected chi connectivity index (χ4v) is 3.75. The number of benzene rings is 1. The van der Waals surface area contributed by atoms with Gasteiger partial charge in [0.2, 0.25) is 0 Å². The fraction of sp³-hybridized carbons (Fsp3) is 0.444. The summed E-state index contributed by atoms with van der Waals surface area (Å²) in [4.78, 5) is 16.8. The third-order valence-corrected chi connectivity index (χ3v) is 4.90. The van der Waals surface area contributed by atoms with Gasteiger partial charge in [0.1, 0.15) is 0 Å². The fourth-order valence-electron chi connectivity index (χ4n) is 3.75. The third-order valence-electron chi connectivity index (χ3n) is 4.90. The van der Waals surface area contributed by atoms with Gasteiger partial charge in [-0.15, -0.1) is 0 Å². The molecule has 2 atom stereocenters. The highest BCUT2D eigenvalue weighted by molar-refractivity contribution is 5.97. The maximum atomic E-state index is 12.6. The summed E-state index contributed by atoms with van der Waals surface area (Å²) in [7, 11) is 0. The Hall–Kier alpha value is -2.14. The van der Waals surface area contributed by atoms with E-state index in [1.54, 1.807) is 0 Å². The Morgan fingerprint density at radius 3 is 2.61 bits per heavy atom. The second-order valence-corrected chi connectivity index (χ2v) is 6.68. The van der Waals surface area contributed by atoms with Crippen LogP contribution in [0.4, 0.5) is 0 Å². The Balaban J connectivity index is 1.51. The van der Waals surface area contributed by atoms with Crippen LogP contribution in [0.1, 0.15) is 41.7 Å². The number of oxazole rings is 1. The normalized spacial score (nSPS) is 26.2. The van der Waals surface area contributed by atoms with Crippen molar-refractivity contribution < 1.29 is 9.21 Å². The summed E-state index contributed by atoms with van der Waals surface area (Å²) in [6.07, 6.45) is 5.78. The largest absolute Gasteiger partial charge is 0.443 e. The minimum absolute atomic E-state index is 0.138. The number of nitrogens with zero attached hydrogens (tertiary/aromatic N) is 1. The molecule has 3 heterocycles. The first-order valence-electron chi connectivity index (χ1n) is 8.26. The molecule has 5 nitrogen and oxygen atoms in total. The van der Waals surface area contributed by atoms with E-state index in [-0.39, 0.29) is 11.9 Å². The number of rotatable bonds is 3. The molecule has 2 aliphatic rings. The van der Waals surface area contributed by atoms with Crippen molar-refractivity contribution in [1.82, 2.24) is 15.6 Å². The van der Waals surface area contributed by atoms with Gasteiger partial charge in [0.15, 0.2) is 17.8 Å². The van der Waals surface area contributed by atoms with Crippen LogP contribution in [0.2, 0.25) is 0 Å². The molecule has 1 aromatic heterocycles. The van der Waals surface area contributed by atoms with Crippen LogP contribution in [-0.2, 0) is 0 Å². The summed E-state index contributed by atoms with van der Waals surface area (Å²) < 4.78 is 5.47. The first kappa shape index (κ1) is 14.5. The van der Waals surface area contributed by atoms with Crippen LogP contribution in [0.15, 0.2) is 35.1 Å². The minimum atomic E-state index is -0.138. The first-order chi connectivity index (χ1) is 11.2. The van der Waals surface area contributed by atoms with Gasteiger partial charge in [-0.1, -0.05) is 29.8 Å². The Labute approximate surface area is 135 Å². The molecule has 2 N–H and O–H groups in total. The number of hydrogen-bond acceptors (Lipinski definition) is 4. The summed E-state index contributed by atoms with van der Waals surface area (Å²) in [6, 6.07) is 9.24. The van der Waals surface area contributed by atoms with E-state index in [0.29, 0.717) is 23.5 Å². The van der Waals surface area contributed by atoms with Gasteiger partial charge in [-0.25, -0.2) is 4.98 Å². The molecule has 5 heteroatoms. The predicted molar refractivity (Wildman–Crippen MR) is 87.1 cm³/mol. The smallest absolute Gasteiger partial charge is 0.274 e. The predicted octanol–water partition coefficient (Wildman–Crippen LogP) is 2.66. The van der Waals surface area contributed by atoms with E-state index >= 15 is 0 Å². The summed E-state index contributed by atoms with van der Waals surface area (Å²) in [6.45, 7) is 2.03. The monoisotopic (exact) mass is 311 g/mol. The lowest BCUT2D eigenvalue weighted by molar-refractivity contribution is 0.0920. The van der Waals surface area contributed by atoms with Crippen LogP contribution in [0.25, 0.3) is 11.3 Å². The Morgan fingerprint density at radius 1 is 1.22 bits per heavy atom. The number of fused-ring (bicyclic) bond motifs is 2. The quantitative estimate of drug-likeness (QED) is 0.914. The number of aromatic nitrogens is 1. The zero-order valence-corrected chi connectivity index (χ0v) is 13.2. The van der Waals surface area contributed by atoms with E-state index in [4.69, 9.17) is 4.42 Å². The van der Waals surface area contributed by atoms with Gasteiger partial charge in [0, 0.05) is 23.7 Å². The molecule has 2 aromatic rings. The molecule has 2 unspecified atom stereocenters. The van der Waals surface area contributed by atoms with E-state index in [9.17, 15) is 4.79 Å². The third kappa shape index (κ3) is 2.88. The molecule has 23 heavy (non-hydrogen) atoms. The first-order valence-corrected chi connectivity index (χ1v) is 8.26. The number of nitrogens with one attached hydrogen (secondary N) is 2. The van der Waals surface area contributed by atoms with Gasteiger partial charge in [-0.05, 0) is 32.6 Å². The van der Waals surface area contributed by atoms with Crippen molar-refractivity contribution in [1.29, 1.82) is 0 Å². The molecule has 0 saturated carbocycles. The highest BCUT2D eigenvalue weighted by Gasteiger charge is 2.34. The van der Waals surface area contributed by atoms with Gasteiger partial charge in [-0.2, -0.15) is 0 Å². The molecule has 0 spiro atoms. The highest BCUT2D eigenvalue weighted by atomic mass is 16.3. The number of hydrogen-bond donors (Lipinski definition) is 2. The Kier molecular flexibility index (Phi) is 3.65. The molecule has 2 aliphatic heterocycles. The van der Waals surface area contributed by atoms with Crippen molar-refractivity contribution in [3.8, 4) is 11.3 Å².